The molecular weight excluding hydrogens is 533 g/mol. The summed E-state index contributed by atoms with van der Waals surface area (Å²) in [5, 5.41) is 6.71. The maximum atomic E-state index is 12.4. The topological polar surface area (TPSA) is 96.9 Å². The van der Waals surface area contributed by atoms with Crippen LogP contribution in [0.25, 0.3) is 0 Å². The molecule has 2 amide bonds. The van der Waals surface area contributed by atoms with E-state index in [-0.39, 0.29) is 10.8 Å². The van der Waals surface area contributed by atoms with Crippen LogP contribution < -0.4 is 15.5 Å². The molecule has 33 heavy (non-hydrogen) atoms. The Morgan fingerprint density at radius 2 is 1.67 bits per heavy atom. The Bertz CT molecular complexity index is 1250. The van der Waals surface area contributed by atoms with Gasteiger partial charge in [0.15, 0.2) is 0 Å². The fourth-order valence-corrected chi connectivity index (χ4v) is 3.21. The lowest BCUT2D eigenvalue weighted by Gasteiger charge is -2.08. The maximum absolute atomic E-state index is 12.4. The molecule has 2 N–H and O–H groups in total. The average molecular weight is 549 g/mol. The molecule has 0 fully saturated rings. The number of anilines is 1. The van der Waals surface area contributed by atoms with Crippen molar-refractivity contribution in [3.05, 3.63) is 91.9 Å². The molecular formula is C23H16BrCl2N3O4. The van der Waals surface area contributed by atoms with Crippen molar-refractivity contribution < 1.29 is 19.1 Å². The summed E-state index contributed by atoms with van der Waals surface area (Å²) >= 11 is 15.0. The monoisotopic (exact) mass is 547 g/mol. The predicted molar refractivity (Wildman–Crippen MR) is 131 cm³/mol. The molecule has 0 aliphatic heterocycles. The van der Waals surface area contributed by atoms with Gasteiger partial charge in [-0.25, -0.2) is 10.2 Å². The molecule has 0 bridgehead atoms. The number of aryl methyl sites for hydroxylation is 1. The van der Waals surface area contributed by atoms with Crippen LogP contribution in [-0.4, -0.2) is 24.0 Å². The van der Waals surface area contributed by atoms with Crippen LogP contribution in [-0.2, 0) is 9.59 Å². The lowest BCUT2D eigenvalue weighted by Crippen LogP contribution is -2.32. The number of rotatable bonds is 5. The molecule has 3 aromatic rings. The Kier molecular flexibility index (Phi) is 8.21. The van der Waals surface area contributed by atoms with Crippen LogP contribution in [0.3, 0.4) is 0 Å². The first-order valence-electron chi connectivity index (χ1n) is 9.41. The van der Waals surface area contributed by atoms with Gasteiger partial charge in [-0.15, -0.1) is 0 Å². The standard InChI is InChI=1S/C23H16BrCl2N3O4/c1-13-2-4-14(5-3-13)23(32)33-20-9-6-16(24)10-15(20)12-27-29-22(31)21(30)28-17-7-8-18(25)19(26)11-17/h2-12H,1H3,(H,28,30)(H,29,31)/b27-12-. The number of nitrogens with zero attached hydrogens (tertiary/aromatic N) is 1. The summed E-state index contributed by atoms with van der Waals surface area (Å²) in [5.41, 5.74) is 4.22. The third-order valence-electron chi connectivity index (χ3n) is 4.22. The number of nitrogens with one attached hydrogen (secondary N) is 2. The van der Waals surface area contributed by atoms with Crippen LogP contribution >= 0.6 is 39.1 Å². The number of carbonyl (C=O) groups is 3. The van der Waals surface area contributed by atoms with Crippen molar-refractivity contribution in [3.63, 3.8) is 0 Å². The number of esters is 1. The molecule has 0 spiro atoms. The van der Waals surface area contributed by atoms with E-state index < -0.39 is 17.8 Å². The third-order valence-corrected chi connectivity index (χ3v) is 5.45. The van der Waals surface area contributed by atoms with Crippen molar-refractivity contribution in [1.29, 1.82) is 0 Å². The number of hydrogen-bond acceptors (Lipinski definition) is 5. The second kappa shape index (κ2) is 11.1. The zero-order valence-corrected chi connectivity index (χ0v) is 20.2. The fourth-order valence-electron chi connectivity index (χ4n) is 2.53. The molecule has 0 aromatic heterocycles. The minimum atomic E-state index is -1.01. The lowest BCUT2D eigenvalue weighted by atomic mass is 10.1. The highest BCUT2D eigenvalue weighted by Crippen LogP contribution is 2.25. The Labute approximate surface area is 207 Å². The number of hydrazone groups is 1. The second-order valence-electron chi connectivity index (χ2n) is 6.72. The quantitative estimate of drug-likeness (QED) is 0.147. The van der Waals surface area contributed by atoms with Crippen LogP contribution in [0.15, 0.2) is 70.2 Å². The molecule has 0 saturated carbocycles. The van der Waals surface area contributed by atoms with E-state index in [0.29, 0.717) is 26.3 Å². The highest BCUT2D eigenvalue weighted by Gasteiger charge is 2.14. The van der Waals surface area contributed by atoms with Gasteiger partial charge < -0.3 is 10.1 Å². The average Bonchev–Trinajstić information content (AvgIpc) is 2.78. The minimum Gasteiger partial charge on any atom is -0.422 e. The normalized spacial score (nSPS) is 10.7. The SMILES string of the molecule is Cc1ccc(C(=O)Oc2ccc(Br)cc2/C=N\NC(=O)C(=O)Nc2ccc(Cl)c(Cl)c2)cc1. The summed E-state index contributed by atoms with van der Waals surface area (Å²) < 4.78 is 6.16. The molecule has 0 aliphatic carbocycles. The van der Waals surface area contributed by atoms with Gasteiger partial charge in [-0.05, 0) is 55.5 Å². The number of halogens is 3. The zero-order valence-electron chi connectivity index (χ0n) is 17.1. The lowest BCUT2D eigenvalue weighted by molar-refractivity contribution is -0.136. The Morgan fingerprint density at radius 1 is 0.939 bits per heavy atom. The highest BCUT2D eigenvalue weighted by atomic mass is 79.9. The molecule has 3 rings (SSSR count). The Morgan fingerprint density at radius 3 is 2.36 bits per heavy atom. The summed E-state index contributed by atoms with van der Waals surface area (Å²) in [7, 11) is 0. The first-order valence-corrected chi connectivity index (χ1v) is 11.0. The van der Waals surface area contributed by atoms with E-state index in [0.717, 1.165) is 5.56 Å². The number of ether oxygens (including phenoxy) is 1. The molecule has 0 saturated heterocycles. The number of amides is 2. The summed E-state index contributed by atoms with van der Waals surface area (Å²) in [4.78, 5) is 36.5. The van der Waals surface area contributed by atoms with E-state index in [9.17, 15) is 14.4 Å². The molecule has 0 unspecified atom stereocenters. The van der Waals surface area contributed by atoms with E-state index in [1.54, 1.807) is 42.5 Å². The Balaban J connectivity index is 1.66. The Hall–Kier alpha value is -3.20. The van der Waals surface area contributed by atoms with Crippen LogP contribution in [0.4, 0.5) is 5.69 Å². The number of carbonyl (C=O) groups excluding carboxylic acids is 3. The van der Waals surface area contributed by atoms with Crippen LogP contribution in [0.1, 0.15) is 21.5 Å². The van der Waals surface area contributed by atoms with Crippen LogP contribution in [0.5, 0.6) is 5.75 Å². The van der Waals surface area contributed by atoms with E-state index >= 15 is 0 Å². The van der Waals surface area contributed by atoms with Crippen molar-refractivity contribution >= 4 is 68.8 Å². The maximum Gasteiger partial charge on any atom is 0.343 e. The second-order valence-corrected chi connectivity index (χ2v) is 8.45. The molecule has 0 atom stereocenters. The molecule has 10 heteroatoms. The van der Waals surface area contributed by atoms with Gasteiger partial charge in [-0.3, -0.25) is 9.59 Å². The summed E-state index contributed by atoms with van der Waals surface area (Å²) in [6, 6.07) is 16.2. The molecule has 168 valence electrons. The van der Waals surface area contributed by atoms with Crippen LogP contribution in [0.2, 0.25) is 10.0 Å². The first kappa shape index (κ1) is 24.4. The predicted octanol–water partition coefficient (Wildman–Crippen LogP) is 5.37. The first-order chi connectivity index (χ1) is 15.7. The van der Waals surface area contributed by atoms with Gasteiger partial charge in [0, 0.05) is 15.7 Å². The van der Waals surface area contributed by atoms with E-state index in [1.807, 2.05) is 6.92 Å². The van der Waals surface area contributed by atoms with Gasteiger partial charge in [-0.1, -0.05) is 56.8 Å². The van der Waals surface area contributed by atoms with Crippen molar-refractivity contribution in [2.45, 2.75) is 6.92 Å². The summed E-state index contributed by atoms with van der Waals surface area (Å²) in [6.45, 7) is 1.91. The highest BCUT2D eigenvalue weighted by molar-refractivity contribution is 9.10. The van der Waals surface area contributed by atoms with Crippen molar-refractivity contribution in [2.24, 2.45) is 5.10 Å². The molecule has 3 aromatic carbocycles. The van der Waals surface area contributed by atoms with Crippen molar-refractivity contribution in [3.8, 4) is 5.75 Å². The van der Waals surface area contributed by atoms with Gasteiger partial charge in [0.2, 0.25) is 0 Å². The number of hydrogen-bond donors (Lipinski definition) is 2. The van der Waals surface area contributed by atoms with Crippen molar-refractivity contribution in [2.75, 3.05) is 5.32 Å². The van der Waals surface area contributed by atoms with Gasteiger partial charge in [-0.2, -0.15) is 5.10 Å². The number of benzene rings is 3. The van der Waals surface area contributed by atoms with Crippen LogP contribution in [0, 0.1) is 6.92 Å². The molecule has 7 nitrogen and oxygen atoms in total. The van der Waals surface area contributed by atoms with Gasteiger partial charge in [0.05, 0.1) is 21.8 Å². The molecule has 0 radical (unpaired) electrons. The minimum absolute atomic E-state index is 0.224. The van der Waals surface area contributed by atoms with Gasteiger partial charge in [0.25, 0.3) is 0 Å². The smallest absolute Gasteiger partial charge is 0.343 e. The van der Waals surface area contributed by atoms with Gasteiger partial charge in [0.1, 0.15) is 5.75 Å². The molecule has 0 heterocycles. The fraction of sp³-hybridized carbons (Fsp3) is 0.0435. The van der Waals surface area contributed by atoms with Gasteiger partial charge >= 0.3 is 17.8 Å². The van der Waals surface area contributed by atoms with E-state index in [4.69, 9.17) is 27.9 Å². The van der Waals surface area contributed by atoms with E-state index in [2.05, 4.69) is 31.8 Å². The molecule has 0 aliphatic rings. The zero-order chi connectivity index (χ0) is 24.0. The third kappa shape index (κ3) is 6.89. The summed E-state index contributed by atoms with van der Waals surface area (Å²) in [5.74, 6) is -2.28. The van der Waals surface area contributed by atoms with E-state index in [1.165, 1.54) is 24.4 Å². The largest absolute Gasteiger partial charge is 0.422 e. The van der Waals surface area contributed by atoms with Crippen molar-refractivity contribution in [1.82, 2.24) is 5.43 Å². The summed E-state index contributed by atoms with van der Waals surface area (Å²) in [6.07, 6.45) is 1.26.